The van der Waals surface area contributed by atoms with Crippen molar-refractivity contribution in [3.63, 3.8) is 0 Å². The molecule has 4 atom stereocenters. The number of anilines is 1. The number of aliphatic hydroxyl groups is 3. The molecule has 0 aliphatic heterocycles. The van der Waals surface area contributed by atoms with Gasteiger partial charge in [-0.2, -0.15) is 8.42 Å². The van der Waals surface area contributed by atoms with Crippen molar-refractivity contribution in [1.82, 2.24) is 4.90 Å². The Balaban J connectivity index is 0.000000732. The number of carbonyl (C=O) groups excluding carboxylic acids is 3. The summed E-state index contributed by atoms with van der Waals surface area (Å²) in [6, 6.07) is 2.01. The number of phenols is 1. The van der Waals surface area contributed by atoms with E-state index >= 15 is 0 Å². The van der Waals surface area contributed by atoms with E-state index in [0.29, 0.717) is 11.8 Å². The topological polar surface area (TPSA) is 219 Å². The molecule has 1 saturated carbocycles. The molecule has 1 aromatic carbocycles. The minimum absolute atomic E-state index is 0.0638. The van der Waals surface area contributed by atoms with Gasteiger partial charge in [0.15, 0.2) is 11.4 Å². The molecule has 3 aliphatic rings. The van der Waals surface area contributed by atoms with E-state index in [1.807, 2.05) is 19.0 Å². The molecule has 0 bridgehead atoms. The minimum Gasteiger partial charge on any atom is -0.508 e. The smallest absolute Gasteiger partial charge is 0.261 e. The number of aromatic hydroxyl groups is 1. The monoisotopic (exact) mass is 553 g/mol. The van der Waals surface area contributed by atoms with E-state index in [0.717, 1.165) is 5.69 Å². The maximum Gasteiger partial charge on any atom is 0.261 e. The Morgan fingerprint density at radius 1 is 1.11 bits per heavy atom. The second kappa shape index (κ2) is 9.69. The molecule has 0 unspecified atom stereocenters. The van der Waals surface area contributed by atoms with Gasteiger partial charge in [-0.05, 0) is 50.6 Å². The summed E-state index contributed by atoms with van der Waals surface area (Å²) in [6.45, 7) is 0. The predicted octanol–water partition coefficient (Wildman–Crippen LogP) is -0.466. The first-order valence-corrected chi connectivity index (χ1v) is 13.3. The highest BCUT2D eigenvalue weighted by atomic mass is 32.2. The molecule has 0 spiro atoms. The Kier molecular flexibility index (Phi) is 7.42. The highest BCUT2D eigenvalue weighted by molar-refractivity contribution is 7.85. The van der Waals surface area contributed by atoms with Crippen LogP contribution in [0.4, 0.5) is 5.69 Å². The summed E-state index contributed by atoms with van der Waals surface area (Å²) in [4.78, 5) is 42.0. The Bertz CT molecular complexity index is 1390. The minimum atomic E-state index is -3.67. The number of nitrogens with two attached hydrogens (primary N) is 1. The van der Waals surface area contributed by atoms with Crippen LogP contribution in [0.1, 0.15) is 17.5 Å². The van der Waals surface area contributed by atoms with Gasteiger partial charge in [-0.25, -0.2) is 0 Å². The Morgan fingerprint density at radius 3 is 2.13 bits per heavy atom. The number of rotatable bonds is 3. The van der Waals surface area contributed by atoms with Crippen molar-refractivity contribution in [3.8, 4) is 5.75 Å². The van der Waals surface area contributed by atoms with Gasteiger partial charge < -0.3 is 31.1 Å². The SMILES string of the molecule is CN(C)c1ccc(O)c2c1C[C@H]1C[C@@H]3[C@H](N(C)C)C(=O)C(C(N)=O)=C(O)[C@@]3(O)C(=O)C1=C2O.CS(=O)(=O)O. The third-order valence-corrected chi connectivity index (χ3v) is 7.06. The molecule has 38 heavy (non-hydrogen) atoms. The van der Waals surface area contributed by atoms with Crippen molar-refractivity contribution in [2.75, 3.05) is 39.3 Å². The molecule has 0 heterocycles. The number of primary amides is 1. The molecule has 7 N–H and O–H groups in total. The number of phenolic OH excluding ortho intramolecular Hbond substituents is 1. The number of amides is 1. The molecule has 1 aromatic rings. The van der Waals surface area contributed by atoms with Crippen molar-refractivity contribution in [2.45, 2.75) is 24.5 Å². The van der Waals surface area contributed by atoms with Crippen LogP contribution in [-0.2, 0) is 30.9 Å². The molecule has 14 heteroatoms. The zero-order valence-corrected chi connectivity index (χ0v) is 22.3. The molecule has 4 rings (SSSR count). The van der Waals surface area contributed by atoms with Crippen LogP contribution in [0.25, 0.3) is 5.76 Å². The average molecular weight is 554 g/mol. The number of aliphatic hydroxyl groups excluding tert-OH is 2. The average Bonchev–Trinajstić information content (AvgIpc) is 2.74. The molecule has 1 fully saturated rings. The van der Waals surface area contributed by atoms with Crippen LogP contribution in [0.2, 0.25) is 0 Å². The molecule has 1 amide bonds. The lowest BCUT2D eigenvalue weighted by Crippen LogP contribution is -2.65. The van der Waals surface area contributed by atoms with E-state index < -0.39 is 68.2 Å². The Labute approximate surface area is 219 Å². The van der Waals surface area contributed by atoms with Crippen LogP contribution in [0.15, 0.2) is 29.0 Å². The number of hydrogen-bond acceptors (Lipinski definition) is 11. The first-order valence-electron chi connectivity index (χ1n) is 11.4. The van der Waals surface area contributed by atoms with Gasteiger partial charge in [0.05, 0.1) is 17.9 Å². The summed E-state index contributed by atoms with van der Waals surface area (Å²) in [5.74, 6) is -6.54. The fourth-order valence-corrected chi connectivity index (χ4v) is 5.65. The van der Waals surface area contributed by atoms with Crippen molar-refractivity contribution in [3.05, 3.63) is 40.2 Å². The van der Waals surface area contributed by atoms with E-state index in [1.54, 1.807) is 20.2 Å². The number of likely N-dealkylation sites (N-methyl/N-ethyl adjacent to an activating group) is 1. The second-order valence-electron chi connectivity index (χ2n) is 10.0. The van der Waals surface area contributed by atoms with Crippen LogP contribution in [0.5, 0.6) is 5.75 Å². The second-order valence-corrected chi connectivity index (χ2v) is 11.5. The number of fused-ring (bicyclic) bond motifs is 3. The summed E-state index contributed by atoms with van der Waals surface area (Å²) in [5, 5.41) is 43.9. The largest absolute Gasteiger partial charge is 0.508 e. The van der Waals surface area contributed by atoms with Crippen molar-refractivity contribution in [1.29, 1.82) is 0 Å². The Hall–Kier alpha value is -3.46. The standard InChI is InChI=1S/C23H27N3O7.CH4O3S/c1-25(2)12-5-6-13(27)15-10(12)7-9-8-11-17(26(3)4)19(29)16(22(24)32)21(31)23(11,33)20(30)14(9)18(15)28;1-5(2,3)4/h5-6,9,11,17,27-28,31,33H,7-8H2,1-4H3,(H2,24,32);1H3,(H,2,3,4)/t9-,11+,17-,23-;/m0./s1. The maximum atomic E-state index is 13.7. The molecule has 3 aliphatic carbocycles. The first kappa shape index (κ1) is 29.1. The summed E-state index contributed by atoms with van der Waals surface area (Å²) >= 11 is 0. The van der Waals surface area contributed by atoms with Crippen molar-refractivity contribution >= 4 is 39.0 Å². The lowest BCUT2D eigenvalue weighted by molar-refractivity contribution is -0.153. The molecular weight excluding hydrogens is 522 g/mol. The van der Waals surface area contributed by atoms with Crippen LogP contribution in [0, 0.1) is 11.8 Å². The summed E-state index contributed by atoms with van der Waals surface area (Å²) in [6.07, 6.45) is 1.04. The number of Topliss-reactive ketones (excluding diaryl/α,β-unsaturated/α-hetero) is 2. The molecular formula is C24H31N3O10S. The summed E-state index contributed by atoms with van der Waals surface area (Å²) < 4.78 is 25.9. The number of hydrogen-bond donors (Lipinski definition) is 6. The fraction of sp³-hybridized carbons (Fsp3) is 0.458. The number of ketones is 2. The lowest BCUT2D eigenvalue weighted by atomic mass is 9.57. The van der Waals surface area contributed by atoms with E-state index in [4.69, 9.17) is 10.3 Å². The molecule has 0 saturated heterocycles. The normalized spacial score (nSPS) is 26.8. The molecule has 0 radical (unpaired) electrons. The highest BCUT2D eigenvalue weighted by Gasteiger charge is 2.64. The molecule has 0 aromatic heterocycles. The number of carbonyl (C=O) groups is 3. The van der Waals surface area contributed by atoms with Crippen LogP contribution in [-0.4, -0.2) is 102 Å². The Morgan fingerprint density at radius 2 is 1.66 bits per heavy atom. The van der Waals surface area contributed by atoms with E-state index in [1.165, 1.54) is 11.0 Å². The molecule has 208 valence electrons. The van der Waals surface area contributed by atoms with Gasteiger partial charge in [0.1, 0.15) is 22.8 Å². The zero-order valence-electron chi connectivity index (χ0n) is 21.5. The summed E-state index contributed by atoms with van der Waals surface area (Å²) in [5.41, 5.74) is 3.15. The highest BCUT2D eigenvalue weighted by Crippen LogP contribution is 2.53. The van der Waals surface area contributed by atoms with Gasteiger partial charge in [0.2, 0.25) is 5.78 Å². The first-order chi connectivity index (χ1) is 17.3. The third kappa shape index (κ3) is 4.64. The zero-order chi connectivity index (χ0) is 29.1. The lowest BCUT2D eigenvalue weighted by Gasteiger charge is -2.50. The number of benzene rings is 1. The van der Waals surface area contributed by atoms with Gasteiger partial charge in [-0.15, -0.1) is 0 Å². The van der Waals surface area contributed by atoms with Crippen molar-refractivity contribution in [2.24, 2.45) is 17.6 Å². The molecule has 13 nitrogen and oxygen atoms in total. The third-order valence-electron chi connectivity index (χ3n) is 7.06. The quantitative estimate of drug-likeness (QED) is 0.207. The maximum absolute atomic E-state index is 13.7. The van der Waals surface area contributed by atoms with E-state index in [2.05, 4.69) is 0 Å². The summed E-state index contributed by atoms with van der Waals surface area (Å²) in [7, 11) is 3.08. The van der Waals surface area contributed by atoms with Crippen LogP contribution >= 0.6 is 0 Å². The number of nitrogens with zero attached hydrogens (tertiary/aromatic N) is 2. The van der Waals surface area contributed by atoms with Gasteiger partial charge in [-0.1, -0.05) is 0 Å². The van der Waals surface area contributed by atoms with Crippen LogP contribution in [0.3, 0.4) is 0 Å². The van der Waals surface area contributed by atoms with E-state index in [9.17, 15) is 43.2 Å². The van der Waals surface area contributed by atoms with Gasteiger partial charge in [0, 0.05) is 31.3 Å². The van der Waals surface area contributed by atoms with Gasteiger partial charge in [-0.3, -0.25) is 23.8 Å². The predicted molar refractivity (Wildman–Crippen MR) is 136 cm³/mol. The van der Waals surface area contributed by atoms with Gasteiger partial charge in [0.25, 0.3) is 16.0 Å². The van der Waals surface area contributed by atoms with Crippen LogP contribution < -0.4 is 10.6 Å². The van der Waals surface area contributed by atoms with E-state index in [-0.39, 0.29) is 29.7 Å². The fourth-order valence-electron chi connectivity index (χ4n) is 5.65. The van der Waals surface area contributed by atoms with Gasteiger partial charge >= 0.3 is 0 Å². The van der Waals surface area contributed by atoms with Crippen molar-refractivity contribution < 1.29 is 47.8 Å².